The van der Waals surface area contributed by atoms with Crippen molar-refractivity contribution in [1.82, 2.24) is 0 Å². The monoisotopic (exact) mass is 406 g/mol. The van der Waals surface area contributed by atoms with E-state index in [4.69, 9.17) is 9.84 Å². The normalized spacial score (nSPS) is 13.1. The summed E-state index contributed by atoms with van der Waals surface area (Å²) in [6.07, 6.45) is 10.2. The minimum absolute atomic E-state index is 0.0132. The quantitative estimate of drug-likeness (QED) is 0.228. The molecule has 0 radical (unpaired) electrons. The van der Waals surface area contributed by atoms with Crippen LogP contribution >= 0.6 is 0 Å². The summed E-state index contributed by atoms with van der Waals surface area (Å²) in [7, 11) is 0. The van der Waals surface area contributed by atoms with Crippen LogP contribution in [-0.2, 0) is 9.53 Å². The third-order valence-corrected chi connectivity index (χ3v) is 5.32. The van der Waals surface area contributed by atoms with Crippen molar-refractivity contribution in [1.29, 1.82) is 0 Å². The van der Waals surface area contributed by atoms with Gasteiger partial charge in [0.2, 0.25) is 0 Å². The fourth-order valence-corrected chi connectivity index (χ4v) is 3.51. The summed E-state index contributed by atoms with van der Waals surface area (Å²) in [4.78, 5) is 24.1. The van der Waals surface area contributed by atoms with Crippen molar-refractivity contribution < 1.29 is 24.5 Å². The zero-order valence-electron chi connectivity index (χ0n) is 17.9. The first kappa shape index (κ1) is 25.3. The minimum atomic E-state index is -0.633. The topological polar surface area (TPSA) is 83.8 Å². The molecular weight excluding hydrogens is 368 g/mol. The standard InChI is InChI=1S/C24H38O5/c1-2-3-4-5-6-8-13-20(22(26)16-11-12-19-25)17-18-23(27)29-24(28)21-14-9-7-10-15-21/h7,9-10,14-15,20,22,25-26H,2-6,8,11-13,16-19H2,1H3. The van der Waals surface area contributed by atoms with Gasteiger partial charge in [-0.2, -0.15) is 0 Å². The number of esters is 2. The maximum Gasteiger partial charge on any atom is 0.345 e. The Morgan fingerprint density at radius 3 is 2.24 bits per heavy atom. The number of unbranched alkanes of at least 4 members (excludes halogenated alkanes) is 6. The Hall–Kier alpha value is -1.72. The average Bonchev–Trinajstić information content (AvgIpc) is 2.73. The van der Waals surface area contributed by atoms with E-state index in [0.29, 0.717) is 24.8 Å². The van der Waals surface area contributed by atoms with E-state index in [9.17, 15) is 14.7 Å². The van der Waals surface area contributed by atoms with E-state index >= 15 is 0 Å². The summed E-state index contributed by atoms with van der Waals surface area (Å²) in [5.74, 6) is -1.17. The number of hydrogen-bond acceptors (Lipinski definition) is 5. The van der Waals surface area contributed by atoms with Gasteiger partial charge in [0, 0.05) is 13.0 Å². The van der Waals surface area contributed by atoms with Gasteiger partial charge >= 0.3 is 11.9 Å². The number of carbonyl (C=O) groups excluding carboxylic acids is 2. The van der Waals surface area contributed by atoms with Gasteiger partial charge in [-0.1, -0.05) is 63.6 Å². The summed E-state index contributed by atoms with van der Waals surface area (Å²) in [5, 5.41) is 19.5. The van der Waals surface area contributed by atoms with Gasteiger partial charge < -0.3 is 14.9 Å². The zero-order chi connectivity index (χ0) is 21.3. The van der Waals surface area contributed by atoms with Gasteiger partial charge in [-0.25, -0.2) is 4.79 Å². The van der Waals surface area contributed by atoms with Crippen molar-refractivity contribution in [2.75, 3.05) is 6.61 Å². The van der Waals surface area contributed by atoms with Crippen LogP contribution in [0.5, 0.6) is 0 Å². The van der Waals surface area contributed by atoms with Gasteiger partial charge in [-0.15, -0.1) is 0 Å². The minimum Gasteiger partial charge on any atom is -0.396 e. The zero-order valence-corrected chi connectivity index (χ0v) is 17.9. The second kappa shape index (κ2) is 16.1. The summed E-state index contributed by atoms with van der Waals surface area (Å²) < 4.78 is 4.94. The molecule has 0 saturated heterocycles. The Labute approximate surface area is 175 Å². The number of rotatable bonds is 16. The molecule has 0 amide bonds. The Kier molecular flexibility index (Phi) is 14.1. The van der Waals surface area contributed by atoms with Crippen molar-refractivity contribution in [3.05, 3.63) is 35.9 Å². The molecule has 0 aliphatic heterocycles. The summed E-state index contributed by atoms with van der Waals surface area (Å²) >= 11 is 0. The first-order valence-corrected chi connectivity index (χ1v) is 11.2. The number of hydrogen-bond donors (Lipinski definition) is 2. The molecule has 0 fully saturated rings. The number of aliphatic hydroxyl groups excluding tert-OH is 2. The molecule has 1 aromatic rings. The van der Waals surface area contributed by atoms with E-state index < -0.39 is 18.0 Å². The third-order valence-electron chi connectivity index (χ3n) is 5.32. The molecule has 0 aliphatic rings. The van der Waals surface area contributed by atoms with Crippen LogP contribution in [0.2, 0.25) is 0 Å². The number of aliphatic hydroxyl groups is 2. The van der Waals surface area contributed by atoms with E-state index in [2.05, 4.69) is 6.92 Å². The lowest BCUT2D eigenvalue weighted by molar-refractivity contribution is -0.138. The molecule has 1 rings (SSSR count). The lowest BCUT2D eigenvalue weighted by Crippen LogP contribution is -2.22. The lowest BCUT2D eigenvalue weighted by atomic mass is 9.88. The molecule has 0 bridgehead atoms. The number of carbonyl (C=O) groups is 2. The predicted molar refractivity (Wildman–Crippen MR) is 115 cm³/mol. The molecule has 0 spiro atoms. The predicted octanol–water partition coefficient (Wildman–Crippen LogP) is 5.04. The molecule has 5 heteroatoms. The molecule has 0 saturated carbocycles. The first-order chi connectivity index (χ1) is 14.1. The Morgan fingerprint density at radius 2 is 1.55 bits per heavy atom. The molecular formula is C24H38O5. The van der Waals surface area contributed by atoms with Crippen LogP contribution < -0.4 is 0 Å². The second-order valence-electron chi connectivity index (χ2n) is 7.77. The highest BCUT2D eigenvalue weighted by Crippen LogP contribution is 2.24. The van der Waals surface area contributed by atoms with Crippen LogP contribution in [0.3, 0.4) is 0 Å². The summed E-state index contributed by atoms with van der Waals surface area (Å²) in [5.41, 5.74) is 0.355. The van der Waals surface area contributed by atoms with Crippen LogP contribution in [0.1, 0.15) is 94.3 Å². The number of benzene rings is 1. The molecule has 2 unspecified atom stereocenters. The third kappa shape index (κ3) is 11.8. The van der Waals surface area contributed by atoms with Gasteiger partial charge in [-0.05, 0) is 50.2 Å². The molecule has 2 atom stereocenters. The Balaban J connectivity index is 2.44. The summed E-state index contributed by atoms with van der Waals surface area (Å²) in [6, 6.07) is 8.47. The summed E-state index contributed by atoms with van der Waals surface area (Å²) in [6.45, 7) is 2.32. The van der Waals surface area contributed by atoms with E-state index in [1.165, 1.54) is 25.7 Å². The van der Waals surface area contributed by atoms with E-state index in [1.807, 2.05) is 0 Å². The van der Waals surface area contributed by atoms with Crippen molar-refractivity contribution in [3.63, 3.8) is 0 Å². The Morgan fingerprint density at radius 1 is 0.897 bits per heavy atom. The van der Waals surface area contributed by atoms with Crippen LogP contribution in [0.4, 0.5) is 0 Å². The van der Waals surface area contributed by atoms with Crippen molar-refractivity contribution in [3.8, 4) is 0 Å². The van der Waals surface area contributed by atoms with Gasteiger partial charge in [0.1, 0.15) is 0 Å². The molecule has 0 aromatic heterocycles. The lowest BCUT2D eigenvalue weighted by Gasteiger charge is -2.23. The second-order valence-corrected chi connectivity index (χ2v) is 7.77. The maximum absolute atomic E-state index is 12.1. The molecule has 1 aromatic carbocycles. The van der Waals surface area contributed by atoms with Crippen molar-refractivity contribution in [2.45, 2.75) is 90.1 Å². The molecule has 0 heterocycles. The molecule has 5 nitrogen and oxygen atoms in total. The smallest absolute Gasteiger partial charge is 0.345 e. The SMILES string of the molecule is CCCCCCCCC(CCC(=O)OC(=O)c1ccccc1)C(O)CCCCO. The average molecular weight is 407 g/mol. The van der Waals surface area contributed by atoms with Crippen LogP contribution in [0, 0.1) is 5.92 Å². The molecule has 164 valence electrons. The van der Waals surface area contributed by atoms with Crippen LogP contribution in [0.15, 0.2) is 30.3 Å². The number of ether oxygens (including phenoxy) is 1. The highest BCUT2D eigenvalue weighted by atomic mass is 16.6. The maximum atomic E-state index is 12.1. The van der Waals surface area contributed by atoms with E-state index in [1.54, 1.807) is 30.3 Å². The van der Waals surface area contributed by atoms with Gasteiger partial charge in [0.05, 0.1) is 11.7 Å². The van der Waals surface area contributed by atoms with E-state index in [-0.39, 0.29) is 18.9 Å². The molecule has 29 heavy (non-hydrogen) atoms. The van der Waals surface area contributed by atoms with Gasteiger partial charge in [0.15, 0.2) is 0 Å². The fraction of sp³-hybridized carbons (Fsp3) is 0.667. The highest BCUT2D eigenvalue weighted by molar-refractivity contribution is 5.96. The van der Waals surface area contributed by atoms with Crippen LogP contribution in [-0.4, -0.2) is 34.9 Å². The van der Waals surface area contributed by atoms with Gasteiger partial charge in [0.25, 0.3) is 0 Å². The molecule has 2 N–H and O–H groups in total. The van der Waals surface area contributed by atoms with Crippen LogP contribution in [0.25, 0.3) is 0 Å². The fourth-order valence-electron chi connectivity index (χ4n) is 3.51. The Bertz CT molecular complexity index is 558. The van der Waals surface area contributed by atoms with Gasteiger partial charge in [-0.3, -0.25) is 4.79 Å². The molecule has 0 aliphatic carbocycles. The van der Waals surface area contributed by atoms with Crippen molar-refractivity contribution >= 4 is 11.9 Å². The highest BCUT2D eigenvalue weighted by Gasteiger charge is 2.21. The largest absolute Gasteiger partial charge is 0.396 e. The van der Waals surface area contributed by atoms with E-state index in [0.717, 1.165) is 25.7 Å². The first-order valence-electron chi connectivity index (χ1n) is 11.2. The van der Waals surface area contributed by atoms with Crippen molar-refractivity contribution in [2.24, 2.45) is 5.92 Å².